The van der Waals surface area contributed by atoms with Gasteiger partial charge in [0.25, 0.3) is 0 Å². The lowest BCUT2D eigenvalue weighted by atomic mass is 9.76. The van der Waals surface area contributed by atoms with E-state index in [1.165, 1.54) is 0 Å². The Labute approximate surface area is 121 Å². The van der Waals surface area contributed by atoms with Crippen LogP contribution >= 0.6 is 0 Å². The lowest BCUT2D eigenvalue weighted by molar-refractivity contribution is -0.152. The van der Waals surface area contributed by atoms with E-state index in [0.717, 1.165) is 19.3 Å². The zero-order valence-corrected chi connectivity index (χ0v) is 13.2. The Morgan fingerprint density at radius 2 is 2.05 bits per heavy atom. The number of nitrogens with zero attached hydrogens (tertiary/aromatic N) is 2. The molecule has 0 aromatic heterocycles. The van der Waals surface area contributed by atoms with E-state index in [1.807, 2.05) is 20.8 Å². The highest BCUT2D eigenvalue weighted by Gasteiger charge is 2.43. The number of carbonyl (C=O) groups excluding carboxylic acids is 1. The highest BCUT2D eigenvalue weighted by Crippen LogP contribution is 2.35. The smallest absolute Gasteiger partial charge is 0.320 e. The molecular weight excluding hydrogens is 256 g/mol. The van der Waals surface area contributed by atoms with E-state index in [0.29, 0.717) is 25.9 Å². The first-order chi connectivity index (χ1) is 9.38. The minimum absolute atomic E-state index is 0.0409. The van der Waals surface area contributed by atoms with Crippen molar-refractivity contribution in [3.8, 4) is 0 Å². The van der Waals surface area contributed by atoms with Gasteiger partial charge >= 0.3 is 12.0 Å². The average molecular weight is 284 g/mol. The van der Waals surface area contributed by atoms with Crippen molar-refractivity contribution >= 4 is 12.0 Å². The monoisotopic (exact) mass is 284 g/mol. The second-order valence-electron chi connectivity index (χ2n) is 6.01. The molecule has 1 aliphatic heterocycles. The Morgan fingerprint density at radius 3 is 2.55 bits per heavy atom. The molecule has 2 unspecified atom stereocenters. The maximum Gasteiger partial charge on any atom is 0.320 e. The average Bonchev–Trinajstić information content (AvgIpc) is 2.45. The van der Waals surface area contributed by atoms with Gasteiger partial charge in [0.15, 0.2) is 0 Å². The molecule has 0 radical (unpaired) electrons. The third kappa shape index (κ3) is 3.44. The SMILES string of the molecule is CCCC1(C(=O)O)CCCN(C(=O)N(C)C(C)CC)C1. The number of aliphatic carboxylic acids is 1. The van der Waals surface area contributed by atoms with Crippen molar-refractivity contribution < 1.29 is 14.7 Å². The van der Waals surface area contributed by atoms with E-state index < -0.39 is 11.4 Å². The van der Waals surface area contributed by atoms with Crippen molar-refractivity contribution in [1.29, 1.82) is 0 Å². The molecule has 1 N–H and O–H groups in total. The molecule has 1 fully saturated rings. The number of carboxylic acid groups (broad SMARTS) is 1. The fraction of sp³-hybridized carbons (Fsp3) is 0.867. The minimum Gasteiger partial charge on any atom is -0.481 e. The number of likely N-dealkylation sites (tertiary alicyclic amines) is 1. The fourth-order valence-electron chi connectivity index (χ4n) is 2.94. The van der Waals surface area contributed by atoms with Crippen molar-refractivity contribution in [2.24, 2.45) is 5.41 Å². The Kier molecular flexibility index (Phi) is 5.84. The molecule has 0 bridgehead atoms. The van der Waals surface area contributed by atoms with Gasteiger partial charge in [-0.1, -0.05) is 20.3 Å². The van der Waals surface area contributed by atoms with Gasteiger partial charge in [0.1, 0.15) is 0 Å². The molecule has 5 nitrogen and oxygen atoms in total. The van der Waals surface area contributed by atoms with Gasteiger partial charge in [-0.25, -0.2) is 4.79 Å². The molecule has 0 spiro atoms. The molecule has 1 rings (SSSR count). The number of hydrogen-bond donors (Lipinski definition) is 1. The van der Waals surface area contributed by atoms with Crippen molar-refractivity contribution in [1.82, 2.24) is 9.80 Å². The molecule has 0 aliphatic carbocycles. The van der Waals surface area contributed by atoms with Crippen LogP contribution in [-0.4, -0.2) is 53.1 Å². The number of carbonyl (C=O) groups is 2. The number of piperidine rings is 1. The Balaban J connectivity index is 2.82. The molecule has 116 valence electrons. The summed E-state index contributed by atoms with van der Waals surface area (Å²) in [6, 6.07) is 0.135. The van der Waals surface area contributed by atoms with Crippen LogP contribution in [0.2, 0.25) is 0 Å². The van der Waals surface area contributed by atoms with Gasteiger partial charge in [-0.15, -0.1) is 0 Å². The molecule has 0 saturated carbocycles. The van der Waals surface area contributed by atoms with Gasteiger partial charge in [-0.2, -0.15) is 0 Å². The second-order valence-corrected chi connectivity index (χ2v) is 6.01. The summed E-state index contributed by atoms with van der Waals surface area (Å²) in [5, 5.41) is 9.56. The molecule has 0 aromatic carbocycles. The van der Waals surface area contributed by atoms with Crippen LogP contribution < -0.4 is 0 Å². The van der Waals surface area contributed by atoms with Gasteiger partial charge in [-0.05, 0) is 32.6 Å². The van der Waals surface area contributed by atoms with Crippen molar-refractivity contribution in [2.75, 3.05) is 20.1 Å². The zero-order valence-electron chi connectivity index (χ0n) is 13.2. The normalized spacial score (nSPS) is 24.3. The largest absolute Gasteiger partial charge is 0.481 e. The Hall–Kier alpha value is -1.26. The molecule has 5 heteroatoms. The summed E-state index contributed by atoms with van der Waals surface area (Å²) in [5.74, 6) is -0.761. The summed E-state index contributed by atoms with van der Waals surface area (Å²) < 4.78 is 0. The zero-order chi connectivity index (χ0) is 15.3. The number of rotatable bonds is 5. The first-order valence-corrected chi connectivity index (χ1v) is 7.63. The molecule has 2 amide bonds. The second kappa shape index (κ2) is 6.95. The number of carboxylic acids is 1. The van der Waals surface area contributed by atoms with Crippen LogP contribution in [0.15, 0.2) is 0 Å². The molecule has 1 saturated heterocycles. The first kappa shape index (κ1) is 16.8. The molecule has 20 heavy (non-hydrogen) atoms. The van der Waals surface area contributed by atoms with Crippen LogP contribution in [0.1, 0.15) is 52.9 Å². The number of hydrogen-bond acceptors (Lipinski definition) is 2. The maximum atomic E-state index is 12.5. The first-order valence-electron chi connectivity index (χ1n) is 7.63. The molecular formula is C15H28N2O3. The fourth-order valence-corrected chi connectivity index (χ4v) is 2.94. The Morgan fingerprint density at radius 1 is 1.40 bits per heavy atom. The summed E-state index contributed by atoms with van der Waals surface area (Å²) >= 11 is 0. The third-order valence-corrected chi connectivity index (χ3v) is 4.58. The lowest BCUT2D eigenvalue weighted by Gasteiger charge is -2.42. The highest BCUT2D eigenvalue weighted by atomic mass is 16.4. The van der Waals surface area contributed by atoms with E-state index >= 15 is 0 Å². The van der Waals surface area contributed by atoms with Crippen LogP contribution in [0.5, 0.6) is 0 Å². The quantitative estimate of drug-likeness (QED) is 0.844. The molecule has 0 aromatic rings. The van der Waals surface area contributed by atoms with Gasteiger partial charge in [-0.3, -0.25) is 4.79 Å². The molecule has 2 atom stereocenters. The van der Waals surface area contributed by atoms with Crippen LogP contribution in [0.25, 0.3) is 0 Å². The summed E-state index contributed by atoms with van der Waals surface area (Å²) in [4.78, 5) is 27.6. The van der Waals surface area contributed by atoms with Gasteiger partial charge in [0, 0.05) is 26.2 Å². The highest BCUT2D eigenvalue weighted by molar-refractivity contribution is 5.79. The number of urea groups is 1. The predicted molar refractivity (Wildman–Crippen MR) is 78.7 cm³/mol. The third-order valence-electron chi connectivity index (χ3n) is 4.58. The van der Waals surface area contributed by atoms with E-state index in [-0.39, 0.29) is 12.1 Å². The van der Waals surface area contributed by atoms with Crippen molar-refractivity contribution in [3.05, 3.63) is 0 Å². The van der Waals surface area contributed by atoms with Crippen molar-refractivity contribution in [3.63, 3.8) is 0 Å². The van der Waals surface area contributed by atoms with E-state index in [1.54, 1.807) is 16.8 Å². The van der Waals surface area contributed by atoms with E-state index in [9.17, 15) is 14.7 Å². The maximum absolute atomic E-state index is 12.5. The standard InChI is InChI=1S/C15H28N2O3/c1-5-8-15(13(18)19)9-7-10-17(11-15)14(20)16(4)12(3)6-2/h12H,5-11H2,1-4H3,(H,18,19). The minimum atomic E-state index is -0.761. The molecule has 1 aliphatic rings. The van der Waals surface area contributed by atoms with E-state index in [2.05, 4.69) is 0 Å². The van der Waals surface area contributed by atoms with Crippen LogP contribution in [0.3, 0.4) is 0 Å². The topological polar surface area (TPSA) is 60.9 Å². The summed E-state index contributed by atoms with van der Waals surface area (Å²) in [7, 11) is 1.80. The van der Waals surface area contributed by atoms with Gasteiger partial charge in [0.2, 0.25) is 0 Å². The summed E-state index contributed by atoms with van der Waals surface area (Å²) in [6.45, 7) is 7.06. The van der Waals surface area contributed by atoms with E-state index in [4.69, 9.17) is 0 Å². The summed E-state index contributed by atoms with van der Waals surface area (Å²) in [6.07, 6.45) is 3.81. The number of amides is 2. The summed E-state index contributed by atoms with van der Waals surface area (Å²) in [5.41, 5.74) is -0.751. The van der Waals surface area contributed by atoms with Crippen LogP contribution in [-0.2, 0) is 4.79 Å². The van der Waals surface area contributed by atoms with Crippen LogP contribution in [0.4, 0.5) is 4.79 Å². The van der Waals surface area contributed by atoms with Gasteiger partial charge < -0.3 is 14.9 Å². The van der Waals surface area contributed by atoms with Gasteiger partial charge in [0.05, 0.1) is 5.41 Å². The van der Waals surface area contributed by atoms with Crippen LogP contribution in [0, 0.1) is 5.41 Å². The van der Waals surface area contributed by atoms with Crippen molar-refractivity contribution in [2.45, 2.75) is 58.9 Å². The molecule has 1 heterocycles. The Bertz CT molecular complexity index is 355. The predicted octanol–water partition coefficient (Wildman–Crippen LogP) is 2.80. The lowest BCUT2D eigenvalue weighted by Crippen LogP contribution is -2.54.